The molecule has 1 fully saturated rings. The van der Waals surface area contributed by atoms with E-state index in [1.807, 2.05) is 11.6 Å². The molecule has 2 N–H and O–H groups in total. The highest BCUT2D eigenvalue weighted by Crippen LogP contribution is 2.22. The van der Waals surface area contributed by atoms with E-state index in [0.29, 0.717) is 24.0 Å². The van der Waals surface area contributed by atoms with Crippen molar-refractivity contribution in [2.24, 2.45) is 0 Å². The lowest BCUT2D eigenvalue weighted by Gasteiger charge is -2.15. The summed E-state index contributed by atoms with van der Waals surface area (Å²) >= 11 is 0. The second-order valence-electron chi connectivity index (χ2n) is 7.95. The van der Waals surface area contributed by atoms with E-state index in [9.17, 15) is 0 Å². The highest BCUT2D eigenvalue weighted by molar-refractivity contribution is 5.85. The van der Waals surface area contributed by atoms with E-state index in [2.05, 4.69) is 51.2 Å². The molecular weight excluding hydrogens is 364 g/mol. The molecular formula is C22H30N6O. The van der Waals surface area contributed by atoms with Gasteiger partial charge in [0.1, 0.15) is 5.82 Å². The van der Waals surface area contributed by atoms with Gasteiger partial charge in [-0.05, 0) is 50.4 Å². The molecule has 1 aliphatic heterocycles. The summed E-state index contributed by atoms with van der Waals surface area (Å²) in [6.45, 7) is 8.24. The van der Waals surface area contributed by atoms with Gasteiger partial charge in [-0.1, -0.05) is 37.6 Å². The number of ether oxygens (including phenoxy) is 1. The van der Waals surface area contributed by atoms with E-state index in [-0.39, 0.29) is 6.10 Å². The number of benzene rings is 1. The quantitative estimate of drug-likeness (QED) is 0.628. The van der Waals surface area contributed by atoms with Crippen molar-refractivity contribution >= 4 is 16.9 Å². The first-order chi connectivity index (χ1) is 14.1. The molecule has 3 heterocycles. The predicted molar refractivity (Wildman–Crippen MR) is 115 cm³/mol. The first kappa shape index (κ1) is 19.6. The average Bonchev–Trinajstić information content (AvgIpc) is 3.34. The van der Waals surface area contributed by atoms with Gasteiger partial charge in [-0.2, -0.15) is 15.1 Å². The smallest absolute Gasteiger partial charge is 0.320 e. The summed E-state index contributed by atoms with van der Waals surface area (Å²) in [5.74, 6) is 0.404. The van der Waals surface area contributed by atoms with Crippen molar-refractivity contribution in [2.75, 3.05) is 18.8 Å². The van der Waals surface area contributed by atoms with E-state index >= 15 is 0 Å². The Morgan fingerprint density at radius 2 is 1.76 bits per heavy atom. The summed E-state index contributed by atoms with van der Waals surface area (Å²) in [4.78, 5) is 11.4. The standard InChI is InChI=1S/C22H30N6O/c1-3-6-16(2)29-22-25-20(23)19-13-24-28(21(19)26-22)15-18-9-7-17(8-10-18)14-27-11-4-5-12-27/h7-10,13,16H,3-6,11-12,14-15H2,1-2H3,(H2,23,25,26)/t16-/m0/s1. The van der Waals surface area contributed by atoms with Crippen molar-refractivity contribution in [3.63, 3.8) is 0 Å². The molecule has 7 heteroatoms. The molecule has 1 atom stereocenters. The topological polar surface area (TPSA) is 82.1 Å². The number of fused-ring (bicyclic) bond motifs is 1. The summed E-state index contributed by atoms with van der Waals surface area (Å²) in [6.07, 6.45) is 6.41. The molecule has 0 unspecified atom stereocenters. The van der Waals surface area contributed by atoms with Crippen molar-refractivity contribution in [3.05, 3.63) is 41.6 Å². The van der Waals surface area contributed by atoms with Gasteiger partial charge in [0.15, 0.2) is 5.65 Å². The van der Waals surface area contributed by atoms with Crippen LogP contribution in [0.3, 0.4) is 0 Å². The third kappa shape index (κ3) is 4.67. The van der Waals surface area contributed by atoms with Gasteiger partial charge < -0.3 is 10.5 Å². The Bertz CT molecular complexity index is 946. The normalized spacial score (nSPS) is 15.8. The van der Waals surface area contributed by atoms with Crippen molar-refractivity contribution in [1.29, 1.82) is 0 Å². The minimum Gasteiger partial charge on any atom is -0.460 e. The minimum absolute atomic E-state index is 0.0522. The highest BCUT2D eigenvalue weighted by atomic mass is 16.5. The van der Waals surface area contributed by atoms with Crippen LogP contribution in [-0.4, -0.2) is 43.8 Å². The molecule has 29 heavy (non-hydrogen) atoms. The fraction of sp³-hybridized carbons (Fsp3) is 0.500. The molecule has 0 saturated carbocycles. The van der Waals surface area contributed by atoms with Gasteiger partial charge in [-0.3, -0.25) is 4.90 Å². The molecule has 1 saturated heterocycles. The molecule has 7 nitrogen and oxygen atoms in total. The number of rotatable bonds is 8. The lowest BCUT2D eigenvalue weighted by atomic mass is 10.1. The summed E-state index contributed by atoms with van der Waals surface area (Å²) in [6, 6.07) is 9.08. The van der Waals surface area contributed by atoms with Gasteiger partial charge in [-0.15, -0.1) is 0 Å². The number of aromatic nitrogens is 4. The zero-order valence-electron chi connectivity index (χ0n) is 17.3. The van der Waals surface area contributed by atoms with Gasteiger partial charge in [-0.25, -0.2) is 4.68 Å². The van der Waals surface area contributed by atoms with Crippen LogP contribution in [0.2, 0.25) is 0 Å². The van der Waals surface area contributed by atoms with E-state index in [0.717, 1.165) is 24.8 Å². The Morgan fingerprint density at radius 1 is 1.07 bits per heavy atom. The molecule has 1 aromatic carbocycles. The van der Waals surface area contributed by atoms with Crippen LogP contribution in [0.4, 0.5) is 5.82 Å². The summed E-state index contributed by atoms with van der Waals surface area (Å²) in [5.41, 5.74) is 9.36. The van der Waals surface area contributed by atoms with Crippen LogP contribution in [0.15, 0.2) is 30.5 Å². The molecule has 154 valence electrons. The van der Waals surface area contributed by atoms with Gasteiger partial charge in [0.2, 0.25) is 0 Å². The highest BCUT2D eigenvalue weighted by Gasteiger charge is 2.15. The Morgan fingerprint density at radius 3 is 2.45 bits per heavy atom. The maximum absolute atomic E-state index is 6.12. The van der Waals surface area contributed by atoms with Gasteiger partial charge in [0.05, 0.1) is 24.2 Å². The van der Waals surface area contributed by atoms with E-state index in [1.165, 1.54) is 37.1 Å². The molecule has 1 aliphatic rings. The SMILES string of the molecule is CCC[C@H](C)Oc1nc(N)c2cnn(Cc3ccc(CN4CCCC4)cc3)c2n1. The van der Waals surface area contributed by atoms with Crippen LogP contribution in [0.5, 0.6) is 6.01 Å². The second-order valence-corrected chi connectivity index (χ2v) is 7.95. The first-order valence-electron chi connectivity index (χ1n) is 10.6. The number of hydrogen-bond donors (Lipinski definition) is 1. The number of anilines is 1. The van der Waals surface area contributed by atoms with Crippen molar-refractivity contribution in [2.45, 2.75) is 58.7 Å². The maximum Gasteiger partial charge on any atom is 0.320 e. The fourth-order valence-electron chi connectivity index (χ4n) is 3.89. The molecule has 4 rings (SSSR count). The number of hydrogen-bond acceptors (Lipinski definition) is 6. The zero-order valence-corrected chi connectivity index (χ0v) is 17.3. The lowest BCUT2D eigenvalue weighted by molar-refractivity contribution is 0.193. The van der Waals surface area contributed by atoms with Gasteiger partial charge in [0, 0.05) is 6.54 Å². The van der Waals surface area contributed by atoms with Crippen LogP contribution in [-0.2, 0) is 13.1 Å². The molecule has 3 aromatic rings. The molecule has 0 spiro atoms. The Balaban J connectivity index is 1.50. The van der Waals surface area contributed by atoms with Crippen molar-refractivity contribution < 1.29 is 4.74 Å². The van der Waals surface area contributed by atoms with E-state index < -0.39 is 0 Å². The van der Waals surface area contributed by atoms with Crippen molar-refractivity contribution in [1.82, 2.24) is 24.6 Å². The largest absolute Gasteiger partial charge is 0.460 e. The van der Waals surface area contributed by atoms with E-state index in [4.69, 9.17) is 10.5 Å². The van der Waals surface area contributed by atoms with Crippen LogP contribution in [0, 0.1) is 0 Å². The first-order valence-corrected chi connectivity index (χ1v) is 10.6. The zero-order chi connectivity index (χ0) is 20.2. The Labute approximate surface area is 171 Å². The number of nitrogens with two attached hydrogens (primary N) is 1. The third-order valence-electron chi connectivity index (χ3n) is 5.47. The van der Waals surface area contributed by atoms with E-state index in [1.54, 1.807) is 6.20 Å². The predicted octanol–water partition coefficient (Wildman–Crippen LogP) is 3.62. The maximum atomic E-state index is 6.12. The van der Waals surface area contributed by atoms with Crippen LogP contribution in [0.1, 0.15) is 50.7 Å². The monoisotopic (exact) mass is 394 g/mol. The number of nitrogens with zero attached hydrogens (tertiary/aromatic N) is 5. The third-order valence-corrected chi connectivity index (χ3v) is 5.47. The van der Waals surface area contributed by atoms with Crippen LogP contribution < -0.4 is 10.5 Å². The molecule has 2 aromatic heterocycles. The Hall–Kier alpha value is -2.67. The van der Waals surface area contributed by atoms with Crippen molar-refractivity contribution in [3.8, 4) is 6.01 Å². The summed E-state index contributed by atoms with van der Waals surface area (Å²) < 4.78 is 7.71. The fourth-order valence-corrected chi connectivity index (χ4v) is 3.89. The lowest BCUT2D eigenvalue weighted by Crippen LogP contribution is -2.18. The van der Waals surface area contributed by atoms with Crippen LogP contribution >= 0.6 is 0 Å². The van der Waals surface area contributed by atoms with Crippen LogP contribution in [0.25, 0.3) is 11.0 Å². The molecule has 0 aliphatic carbocycles. The second kappa shape index (κ2) is 8.78. The molecule has 0 radical (unpaired) electrons. The Kier molecular flexibility index (Phi) is 5.94. The summed E-state index contributed by atoms with van der Waals surface area (Å²) in [5, 5.41) is 5.24. The molecule has 0 bridgehead atoms. The van der Waals surface area contributed by atoms with Gasteiger partial charge in [0.25, 0.3) is 0 Å². The number of likely N-dealkylation sites (tertiary alicyclic amines) is 1. The van der Waals surface area contributed by atoms with Gasteiger partial charge >= 0.3 is 6.01 Å². The minimum atomic E-state index is 0.0522. The summed E-state index contributed by atoms with van der Waals surface area (Å²) in [7, 11) is 0. The average molecular weight is 395 g/mol. The number of nitrogen functional groups attached to an aromatic ring is 1. The molecule has 0 amide bonds.